The maximum Gasteiger partial charge on any atom is 0.135 e. The third kappa shape index (κ3) is 5.62. The molecule has 0 aliphatic carbocycles. The lowest BCUT2D eigenvalue weighted by molar-refractivity contribution is 0.669. The molecule has 20 heteroatoms. The molecule has 9 aromatic rings. The summed E-state index contributed by atoms with van der Waals surface area (Å²) < 4.78 is 6.16. The molecular formula is C42H7B19O. The van der Waals surface area contributed by atoms with E-state index in [2.05, 4.69) is 0 Å². The first kappa shape index (κ1) is 42.9. The summed E-state index contributed by atoms with van der Waals surface area (Å²) in [5.74, 6) is 0. The molecule has 0 aliphatic rings. The molecule has 62 heavy (non-hydrogen) atoms. The molecule has 0 aliphatic heterocycles. The Balaban J connectivity index is 1.61. The topological polar surface area (TPSA) is 13.1 Å². The standard InChI is InChI=1S/C42H7B19O/c43-24-19(20-21(31(50)39(58)38(57)30(20)49)22(25(24)44)23-32(51)40(59)42(61)41(60)33(23)52)14-17-15(26(45)34(53)36(55)28(17)47)13(16-18(14)29(48)37(56)35(54)27(16)46)8-5-6-12-10(7-8)9-3-1-2-4-11(9)62-12/h1-7H. The first-order valence-electron chi connectivity index (χ1n) is 18.7. The van der Waals surface area contributed by atoms with Crippen LogP contribution in [0, 0.1) is 0 Å². The van der Waals surface area contributed by atoms with E-state index < -0.39 is 0 Å². The molecule has 0 saturated carbocycles. The van der Waals surface area contributed by atoms with Crippen LogP contribution in [0.2, 0.25) is 0 Å². The monoisotopic (exact) mass is 736 g/mol. The van der Waals surface area contributed by atoms with E-state index in [0.717, 1.165) is 10.8 Å². The minimum Gasteiger partial charge on any atom is -0.456 e. The third-order valence-electron chi connectivity index (χ3n) is 12.2. The van der Waals surface area contributed by atoms with Gasteiger partial charge in [-0.15, -0.1) is 49.2 Å². The second kappa shape index (κ2) is 14.8. The molecule has 1 heterocycles. The number of hydrogen-bond acceptors (Lipinski definition) is 1. The lowest BCUT2D eigenvalue weighted by atomic mass is 9.55. The van der Waals surface area contributed by atoms with Crippen LogP contribution in [0.1, 0.15) is 0 Å². The molecule has 238 valence electrons. The fourth-order valence-corrected chi connectivity index (χ4v) is 8.89. The van der Waals surface area contributed by atoms with Gasteiger partial charge in [0.1, 0.15) is 160 Å². The van der Waals surface area contributed by atoms with Gasteiger partial charge in [0, 0.05) is 10.8 Å². The van der Waals surface area contributed by atoms with E-state index in [1.54, 1.807) is 0 Å². The van der Waals surface area contributed by atoms with Crippen molar-refractivity contribution in [3.05, 3.63) is 42.5 Å². The van der Waals surface area contributed by atoms with Crippen LogP contribution in [0.25, 0.3) is 87.6 Å². The van der Waals surface area contributed by atoms with Gasteiger partial charge in [-0.2, -0.15) is 0 Å². The van der Waals surface area contributed by atoms with Gasteiger partial charge < -0.3 is 4.42 Å². The normalized spacial score (nSPS) is 11.8. The van der Waals surface area contributed by atoms with Crippen LogP contribution in [0.15, 0.2) is 46.9 Å². The Hall–Kier alpha value is -4.43. The maximum atomic E-state index is 7.25. The molecule has 0 saturated heterocycles. The van der Waals surface area contributed by atoms with E-state index in [9.17, 15) is 0 Å². The van der Waals surface area contributed by atoms with Crippen molar-refractivity contribution in [1.29, 1.82) is 0 Å². The highest BCUT2D eigenvalue weighted by Crippen LogP contribution is 2.43. The molecule has 0 atom stereocenters. The van der Waals surface area contributed by atoms with Crippen molar-refractivity contribution in [1.82, 2.24) is 0 Å². The molecule has 0 fully saturated rings. The predicted octanol–water partition coefficient (Wildman–Crippen LogP) is -10.9. The summed E-state index contributed by atoms with van der Waals surface area (Å²) in [6.07, 6.45) is 0. The zero-order chi connectivity index (χ0) is 44.9. The molecule has 8 aromatic carbocycles. The molecule has 9 rings (SSSR count). The predicted molar refractivity (Wildman–Crippen MR) is 285 cm³/mol. The van der Waals surface area contributed by atoms with E-state index in [-0.39, 0.29) is 158 Å². The summed E-state index contributed by atoms with van der Waals surface area (Å²) in [5, 5.41) is 2.72. The number of fused-ring (bicyclic) bond motifs is 6. The quantitative estimate of drug-likeness (QED) is 0.130. The van der Waals surface area contributed by atoms with E-state index in [1.807, 2.05) is 42.5 Å². The largest absolute Gasteiger partial charge is 0.456 e. The molecule has 0 spiro atoms. The van der Waals surface area contributed by atoms with Crippen LogP contribution in [0.5, 0.6) is 0 Å². The Morgan fingerprint density at radius 3 is 0.984 bits per heavy atom. The molecule has 0 bridgehead atoms. The highest BCUT2D eigenvalue weighted by Gasteiger charge is 2.30. The third-order valence-corrected chi connectivity index (χ3v) is 12.2. The van der Waals surface area contributed by atoms with Gasteiger partial charge in [-0.05, 0) is 83.9 Å². The number of hydrogen-bond donors (Lipinski definition) is 0. The van der Waals surface area contributed by atoms with Gasteiger partial charge in [-0.25, -0.2) is 0 Å². The summed E-state index contributed by atoms with van der Waals surface area (Å²) in [5.41, 5.74) is 1.28. The van der Waals surface area contributed by atoms with Crippen molar-refractivity contribution >= 4 is 307 Å². The maximum absolute atomic E-state index is 7.25. The van der Waals surface area contributed by atoms with Crippen LogP contribution in [-0.4, -0.2) is 149 Å². The molecule has 0 N–H and O–H groups in total. The molecule has 0 unspecified atom stereocenters. The van der Waals surface area contributed by atoms with Gasteiger partial charge in [0.2, 0.25) is 0 Å². The molecule has 1 nitrogen and oxygen atoms in total. The van der Waals surface area contributed by atoms with Crippen molar-refractivity contribution in [3.63, 3.8) is 0 Å². The van der Waals surface area contributed by atoms with Crippen molar-refractivity contribution < 1.29 is 4.42 Å². The highest BCUT2D eigenvalue weighted by atomic mass is 16.3. The minimum atomic E-state index is -0.141. The van der Waals surface area contributed by atoms with Gasteiger partial charge in [0.15, 0.2) is 0 Å². The zero-order valence-electron chi connectivity index (χ0n) is 32.9. The van der Waals surface area contributed by atoms with Crippen LogP contribution >= 0.6 is 0 Å². The number of rotatable bonds is 3. The number of para-hydroxylation sites is 1. The van der Waals surface area contributed by atoms with Gasteiger partial charge in [0.05, 0.1) is 0 Å². The number of benzene rings is 8. The van der Waals surface area contributed by atoms with E-state index >= 15 is 0 Å². The Kier molecular flexibility index (Phi) is 10.2. The van der Waals surface area contributed by atoms with Crippen molar-refractivity contribution in [2.45, 2.75) is 0 Å². The summed E-state index contributed by atoms with van der Waals surface area (Å²) in [4.78, 5) is 0. The van der Waals surface area contributed by atoms with E-state index in [4.69, 9.17) is 153 Å². The van der Waals surface area contributed by atoms with Crippen LogP contribution in [-0.2, 0) is 0 Å². The Bertz CT molecular complexity index is 3460. The molecule has 38 radical (unpaired) electrons. The first-order chi connectivity index (χ1) is 29.2. The van der Waals surface area contributed by atoms with Crippen molar-refractivity contribution in [2.24, 2.45) is 0 Å². The van der Waals surface area contributed by atoms with Crippen LogP contribution < -0.4 is 104 Å². The second-order valence-corrected chi connectivity index (χ2v) is 15.3. The Labute approximate surface area is 385 Å². The van der Waals surface area contributed by atoms with Gasteiger partial charge in [-0.3, -0.25) is 0 Å². The van der Waals surface area contributed by atoms with Gasteiger partial charge in [-0.1, -0.05) is 78.9 Å². The Morgan fingerprint density at radius 1 is 0.242 bits per heavy atom. The highest BCUT2D eigenvalue weighted by molar-refractivity contribution is 6.75. The van der Waals surface area contributed by atoms with E-state index in [1.165, 1.54) is 0 Å². The molecule has 1 aromatic heterocycles. The molecule has 0 amide bonds. The fourth-order valence-electron chi connectivity index (χ4n) is 8.89. The summed E-state index contributed by atoms with van der Waals surface area (Å²) in [6.45, 7) is 0. The second-order valence-electron chi connectivity index (χ2n) is 15.3. The summed E-state index contributed by atoms with van der Waals surface area (Å²) >= 11 is 0. The van der Waals surface area contributed by atoms with Crippen molar-refractivity contribution in [2.75, 3.05) is 0 Å². The van der Waals surface area contributed by atoms with Gasteiger partial charge >= 0.3 is 0 Å². The summed E-state index contributed by atoms with van der Waals surface area (Å²) in [7, 11) is 129. The average molecular weight is 733 g/mol. The lowest BCUT2D eigenvalue weighted by Gasteiger charge is -2.33. The summed E-state index contributed by atoms with van der Waals surface area (Å²) in [6, 6.07) is 13.1. The van der Waals surface area contributed by atoms with Crippen LogP contribution in [0.4, 0.5) is 0 Å². The lowest BCUT2D eigenvalue weighted by Crippen LogP contribution is -2.56. The Morgan fingerprint density at radius 2 is 0.548 bits per heavy atom. The minimum absolute atomic E-state index is 0.0208. The fraction of sp³-hybridized carbons (Fsp3) is 0. The smallest absolute Gasteiger partial charge is 0.135 e. The number of furan rings is 1. The first-order valence-corrected chi connectivity index (χ1v) is 18.7. The van der Waals surface area contributed by atoms with Gasteiger partial charge in [0.25, 0.3) is 0 Å². The van der Waals surface area contributed by atoms with Crippen LogP contribution in [0.3, 0.4) is 0 Å². The zero-order valence-corrected chi connectivity index (χ0v) is 32.9. The van der Waals surface area contributed by atoms with E-state index in [0.29, 0.717) is 22.3 Å². The van der Waals surface area contributed by atoms with Crippen molar-refractivity contribution in [3.8, 4) is 33.4 Å². The molecular weight excluding hydrogens is 726 g/mol. The SMILES string of the molecule is [B]c1c([B])c([B])c(-c2c([B])c([B])c(-c3c4c([B])c([B])c([B])c([B])c4c(-c4ccc5oc6ccccc6c5c4)c4c([B])c([B])c([B])c([B])c34)c3c([B])c([B])c([B])c([B])c23)c([B])c1[B]. The average Bonchev–Trinajstić information content (AvgIpc) is 3.64.